The Morgan fingerprint density at radius 1 is 0.875 bits per heavy atom. The molecule has 0 heterocycles. The average molecular weight is 226 g/mol. The lowest BCUT2D eigenvalue weighted by Crippen LogP contribution is -2.17. The topological polar surface area (TPSA) is 113 Å². The van der Waals surface area contributed by atoms with Crippen LogP contribution in [0.25, 0.3) is 0 Å². The molecule has 0 aliphatic heterocycles. The number of rotatable bonds is 3. The summed E-state index contributed by atoms with van der Waals surface area (Å²) in [6, 6.07) is 3.94. The Kier molecular flexibility index (Phi) is 8.19. The summed E-state index contributed by atoms with van der Waals surface area (Å²) >= 11 is 0. The van der Waals surface area contributed by atoms with Crippen LogP contribution in [0.1, 0.15) is 27.7 Å². The normalized spacial score (nSPS) is 11.2. The molecule has 0 rings (SSSR count). The minimum absolute atomic E-state index is 0.125. The molecule has 0 fully saturated rings. The highest BCUT2D eigenvalue weighted by Crippen LogP contribution is 2.13. The van der Waals surface area contributed by atoms with E-state index in [0.717, 1.165) is 0 Å². The number of azo groups is 1. The second-order valence-electron chi connectivity index (χ2n) is 3.99. The maximum Gasteiger partial charge on any atom is 0.162 e. The van der Waals surface area contributed by atoms with E-state index in [1.54, 1.807) is 27.7 Å². The van der Waals surface area contributed by atoms with Crippen LogP contribution in [0, 0.1) is 22.7 Å². The Hall–Kier alpha value is -1.50. The molecule has 0 spiro atoms. The molecule has 16 heavy (non-hydrogen) atoms. The summed E-state index contributed by atoms with van der Waals surface area (Å²) in [4.78, 5) is 0. The summed E-state index contributed by atoms with van der Waals surface area (Å²) in [6.45, 7) is 6.32. The largest absolute Gasteiger partial charge is 0.394 e. The average Bonchev–Trinajstić information content (AvgIpc) is 2.27. The Balaban J connectivity index is 0. The zero-order chi connectivity index (χ0) is 13.2. The van der Waals surface area contributed by atoms with E-state index in [4.69, 9.17) is 20.7 Å². The molecule has 0 saturated heterocycles. The zero-order valence-corrected chi connectivity index (χ0v) is 10.1. The lowest BCUT2D eigenvalue weighted by molar-refractivity contribution is 0.186. The molecular formula is C10H18N4O2. The quantitative estimate of drug-likeness (QED) is 0.699. The summed E-state index contributed by atoms with van der Waals surface area (Å²) in [5, 5.41) is 39.9. The minimum atomic E-state index is -0.839. The predicted octanol–water partition coefficient (Wildman–Crippen LogP) is 1.01. The smallest absolute Gasteiger partial charge is 0.162 e. The van der Waals surface area contributed by atoms with Crippen molar-refractivity contribution in [2.75, 3.05) is 13.2 Å². The van der Waals surface area contributed by atoms with Gasteiger partial charge in [-0.05, 0) is 27.7 Å². The number of hydrogen-bond acceptors (Lipinski definition) is 6. The Labute approximate surface area is 95.8 Å². The van der Waals surface area contributed by atoms with E-state index in [1.165, 1.54) is 0 Å². The highest BCUT2D eigenvalue weighted by Gasteiger charge is 2.19. The van der Waals surface area contributed by atoms with Crippen molar-refractivity contribution in [2.45, 2.75) is 38.8 Å². The number of aliphatic hydroxyl groups is 2. The SMILES string of the molecule is CC(C)(C#N)N=NC(C)(C)C#N.OCCO. The summed E-state index contributed by atoms with van der Waals surface area (Å²) in [6.07, 6.45) is 0. The standard InChI is InChI=1S/C8H12N4.C2H6O2/c1-7(2,5-9)11-12-8(3,4)6-10;3-1-2-4/h1-4H3;3-4H,1-2H2. The van der Waals surface area contributed by atoms with Crippen LogP contribution in [0.3, 0.4) is 0 Å². The Bertz CT molecular complexity index is 267. The lowest BCUT2D eigenvalue weighted by Gasteiger charge is -2.11. The zero-order valence-electron chi connectivity index (χ0n) is 10.1. The van der Waals surface area contributed by atoms with Crippen molar-refractivity contribution >= 4 is 0 Å². The molecule has 0 atom stereocenters. The molecule has 0 aliphatic carbocycles. The van der Waals surface area contributed by atoms with Gasteiger partial charge < -0.3 is 10.2 Å². The van der Waals surface area contributed by atoms with Crippen molar-refractivity contribution in [3.63, 3.8) is 0 Å². The van der Waals surface area contributed by atoms with Crippen LogP contribution in [-0.2, 0) is 0 Å². The maximum atomic E-state index is 8.58. The molecule has 6 heteroatoms. The fourth-order valence-electron chi connectivity index (χ4n) is 0.295. The molecule has 0 aromatic carbocycles. The molecule has 0 aromatic rings. The minimum Gasteiger partial charge on any atom is -0.394 e. The van der Waals surface area contributed by atoms with Gasteiger partial charge in [0.15, 0.2) is 11.1 Å². The van der Waals surface area contributed by atoms with Crippen LogP contribution < -0.4 is 0 Å². The van der Waals surface area contributed by atoms with Crippen molar-refractivity contribution in [1.29, 1.82) is 10.5 Å². The van der Waals surface area contributed by atoms with Gasteiger partial charge in [0.25, 0.3) is 0 Å². The van der Waals surface area contributed by atoms with Gasteiger partial charge in [0.05, 0.1) is 25.4 Å². The monoisotopic (exact) mass is 226 g/mol. The van der Waals surface area contributed by atoms with Gasteiger partial charge in [0.2, 0.25) is 0 Å². The van der Waals surface area contributed by atoms with Crippen molar-refractivity contribution < 1.29 is 10.2 Å². The van der Waals surface area contributed by atoms with Crippen LogP contribution in [0.5, 0.6) is 0 Å². The third-order valence-electron chi connectivity index (χ3n) is 1.20. The molecule has 0 saturated carbocycles. The molecule has 90 valence electrons. The van der Waals surface area contributed by atoms with Gasteiger partial charge in [-0.3, -0.25) is 0 Å². The third kappa shape index (κ3) is 10.6. The Morgan fingerprint density at radius 3 is 1.25 bits per heavy atom. The van der Waals surface area contributed by atoms with Gasteiger partial charge in [-0.25, -0.2) is 0 Å². The second kappa shape index (κ2) is 7.75. The number of aliphatic hydroxyl groups excluding tert-OH is 2. The summed E-state index contributed by atoms with van der Waals surface area (Å²) in [5.41, 5.74) is -1.68. The van der Waals surface area contributed by atoms with E-state index in [0.29, 0.717) is 0 Å². The number of nitriles is 2. The fraction of sp³-hybridized carbons (Fsp3) is 0.800. The van der Waals surface area contributed by atoms with Crippen molar-refractivity contribution in [3.8, 4) is 12.1 Å². The van der Waals surface area contributed by atoms with Gasteiger partial charge in [-0.1, -0.05) is 0 Å². The molecule has 0 bridgehead atoms. The van der Waals surface area contributed by atoms with Gasteiger partial charge in [-0.2, -0.15) is 20.8 Å². The van der Waals surface area contributed by atoms with E-state index in [2.05, 4.69) is 10.2 Å². The third-order valence-corrected chi connectivity index (χ3v) is 1.20. The van der Waals surface area contributed by atoms with Gasteiger partial charge >= 0.3 is 0 Å². The van der Waals surface area contributed by atoms with Crippen LogP contribution in [0.2, 0.25) is 0 Å². The molecule has 6 nitrogen and oxygen atoms in total. The van der Waals surface area contributed by atoms with Crippen molar-refractivity contribution in [2.24, 2.45) is 10.2 Å². The van der Waals surface area contributed by atoms with Crippen molar-refractivity contribution in [3.05, 3.63) is 0 Å². The van der Waals surface area contributed by atoms with Crippen LogP contribution in [0.15, 0.2) is 10.2 Å². The molecule has 0 unspecified atom stereocenters. The van der Waals surface area contributed by atoms with Gasteiger partial charge in [-0.15, -0.1) is 0 Å². The van der Waals surface area contributed by atoms with E-state index >= 15 is 0 Å². The van der Waals surface area contributed by atoms with Crippen LogP contribution in [-0.4, -0.2) is 34.5 Å². The number of hydrogen-bond donors (Lipinski definition) is 2. The fourth-order valence-corrected chi connectivity index (χ4v) is 0.295. The first-order chi connectivity index (χ1) is 7.24. The van der Waals surface area contributed by atoms with Gasteiger partial charge in [0.1, 0.15) is 0 Å². The van der Waals surface area contributed by atoms with E-state index in [9.17, 15) is 0 Å². The maximum absolute atomic E-state index is 8.58. The van der Waals surface area contributed by atoms with Crippen molar-refractivity contribution in [1.82, 2.24) is 0 Å². The molecule has 0 aromatic heterocycles. The van der Waals surface area contributed by atoms with Crippen LogP contribution >= 0.6 is 0 Å². The Morgan fingerprint density at radius 2 is 1.12 bits per heavy atom. The molecule has 0 aliphatic rings. The molecular weight excluding hydrogens is 208 g/mol. The van der Waals surface area contributed by atoms with E-state index < -0.39 is 11.1 Å². The molecule has 0 radical (unpaired) electrons. The van der Waals surface area contributed by atoms with E-state index in [1.807, 2.05) is 12.1 Å². The highest BCUT2D eigenvalue weighted by molar-refractivity contribution is 5.03. The molecule has 0 amide bonds. The number of nitrogens with zero attached hydrogens (tertiary/aromatic N) is 4. The summed E-state index contributed by atoms with van der Waals surface area (Å²) in [7, 11) is 0. The lowest BCUT2D eigenvalue weighted by atomic mass is 10.1. The second-order valence-corrected chi connectivity index (χ2v) is 3.99. The first kappa shape index (κ1) is 16.9. The van der Waals surface area contributed by atoms with Crippen LogP contribution in [0.4, 0.5) is 0 Å². The van der Waals surface area contributed by atoms with E-state index in [-0.39, 0.29) is 13.2 Å². The van der Waals surface area contributed by atoms with Gasteiger partial charge in [0, 0.05) is 0 Å². The highest BCUT2D eigenvalue weighted by atomic mass is 16.3. The predicted molar refractivity (Wildman–Crippen MR) is 58.4 cm³/mol. The summed E-state index contributed by atoms with van der Waals surface area (Å²) < 4.78 is 0. The first-order valence-electron chi connectivity index (χ1n) is 4.73. The first-order valence-corrected chi connectivity index (χ1v) is 4.73. The molecule has 2 N–H and O–H groups in total. The summed E-state index contributed by atoms with van der Waals surface area (Å²) in [5.74, 6) is 0.